The van der Waals surface area contributed by atoms with Gasteiger partial charge in [-0.15, -0.1) is 0 Å². The minimum absolute atomic E-state index is 0.00241. The number of nitrogens with one attached hydrogen (secondary N) is 2. The number of hydrogen-bond acceptors (Lipinski definition) is 3. The van der Waals surface area contributed by atoms with E-state index in [4.69, 9.17) is 9.47 Å². The number of fused-ring (bicyclic) bond motifs is 1. The predicted octanol–water partition coefficient (Wildman–Crippen LogP) is 3.37. The van der Waals surface area contributed by atoms with E-state index in [-0.39, 0.29) is 24.8 Å². The number of rotatable bonds is 3. The van der Waals surface area contributed by atoms with Crippen molar-refractivity contribution in [1.29, 1.82) is 0 Å². The highest BCUT2D eigenvalue weighted by molar-refractivity contribution is 5.90. The van der Waals surface area contributed by atoms with Crippen LogP contribution in [0.1, 0.15) is 17.9 Å². The van der Waals surface area contributed by atoms with Gasteiger partial charge in [-0.3, -0.25) is 0 Å². The van der Waals surface area contributed by atoms with Gasteiger partial charge in [0.05, 0.1) is 0 Å². The molecule has 2 atom stereocenters. The lowest BCUT2D eigenvalue weighted by molar-refractivity contribution is 0.174. The Morgan fingerprint density at radius 1 is 1.04 bits per heavy atom. The van der Waals surface area contributed by atoms with Crippen LogP contribution in [0.5, 0.6) is 11.5 Å². The molecule has 7 heteroatoms. The third kappa shape index (κ3) is 2.84. The summed E-state index contributed by atoms with van der Waals surface area (Å²) in [7, 11) is 0. The van der Waals surface area contributed by atoms with Crippen LogP contribution in [-0.2, 0) is 0 Å². The van der Waals surface area contributed by atoms with Crippen molar-refractivity contribution in [3.8, 4) is 11.5 Å². The van der Waals surface area contributed by atoms with E-state index in [0.717, 1.165) is 6.07 Å². The Morgan fingerprint density at radius 2 is 1.88 bits per heavy atom. The molecular weight excluding hydrogens is 318 g/mol. The molecule has 1 fully saturated rings. The van der Waals surface area contributed by atoms with E-state index < -0.39 is 11.6 Å². The number of urea groups is 1. The van der Waals surface area contributed by atoms with Gasteiger partial charge in [0.2, 0.25) is 6.79 Å². The van der Waals surface area contributed by atoms with E-state index in [1.165, 1.54) is 6.07 Å². The maximum atomic E-state index is 13.3. The highest BCUT2D eigenvalue weighted by Gasteiger charge is 2.39. The number of hydrogen-bond donors (Lipinski definition) is 2. The molecule has 2 aromatic rings. The molecule has 0 spiro atoms. The third-order valence-electron chi connectivity index (χ3n) is 4.11. The summed E-state index contributed by atoms with van der Waals surface area (Å²) in [6.07, 6.45) is 0.694. The fourth-order valence-electron chi connectivity index (χ4n) is 2.78. The Morgan fingerprint density at radius 3 is 2.71 bits per heavy atom. The Bertz CT molecular complexity index is 812. The molecule has 0 bridgehead atoms. The number of ether oxygens (including phenoxy) is 2. The van der Waals surface area contributed by atoms with Crippen LogP contribution < -0.4 is 20.1 Å². The van der Waals surface area contributed by atoms with Gasteiger partial charge in [0.15, 0.2) is 23.1 Å². The van der Waals surface area contributed by atoms with Crippen LogP contribution in [0.25, 0.3) is 0 Å². The van der Waals surface area contributed by atoms with Crippen molar-refractivity contribution in [2.45, 2.75) is 18.4 Å². The van der Waals surface area contributed by atoms with Gasteiger partial charge in [-0.1, -0.05) is 6.07 Å². The van der Waals surface area contributed by atoms with Gasteiger partial charge in [-0.05, 0) is 36.2 Å². The Kier molecular flexibility index (Phi) is 3.48. The van der Waals surface area contributed by atoms with Crippen LogP contribution in [0.3, 0.4) is 0 Å². The molecule has 1 heterocycles. The molecule has 1 aliphatic heterocycles. The van der Waals surface area contributed by atoms with Crippen LogP contribution in [0.2, 0.25) is 0 Å². The first-order valence-electron chi connectivity index (χ1n) is 7.52. The first kappa shape index (κ1) is 14.7. The zero-order valence-corrected chi connectivity index (χ0v) is 12.5. The van der Waals surface area contributed by atoms with Gasteiger partial charge in [0.25, 0.3) is 0 Å². The van der Waals surface area contributed by atoms with E-state index in [2.05, 4.69) is 10.6 Å². The maximum Gasteiger partial charge on any atom is 0.319 e. The van der Waals surface area contributed by atoms with Crippen molar-refractivity contribution in [1.82, 2.24) is 5.32 Å². The first-order chi connectivity index (χ1) is 11.6. The first-order valence-corrected chi connectivity index (χ1v) is 7.52. The van der Waals surface area contributed by atoms with Gasteiger partial charge >= 0.3 is 6.03 Å². The van der Waals surface area contributed by atoms with Gasteiger partial charge in [-0.2, -0.15) is 0 Å². The molecule has 0 radical (unpaired) electrons. The van der Waals surface area contributed by atoms with Crippen molar-refractivity contribution in [3.05, 3.63) is 53.6 Å². The number of carbonyl (C=O) groups is 1. The van der Waals surface area contributed by atoms with Crippen LogP contribution in [0, 0.1) is 11.6 Å². The summed E-state index contributed by atoms with van der Waals surface area (Å²) in [5.41, 5.74) is 1.27. The van der Waals surface area contributed by atoms with Gasteiger partial charge in [0, 0.05) is 23.7 Å². The molecule has 1 aliphatic carbocycles. The SMILES string of the molecule is O=C(Nc1ccc2c(c1)OCO2)N[C@@H]1C[C@H]1c1ccc(F)c(F)c1. The zero-order chi connectivity index (χ0) is 16.7. The molecular formula is C17H14F2N2O3. The van der Waals surface area contributed by atoms with Gasteiger partial charge in [-0.25, -0.2) is 13.6 Å². The molecule has 1 saturated carbocycles. The minimum Gasteiger partial charge on any atom is -0.454 e. The molecule has 24 heavy (non-hydrogen) atoms. The molecule has 0 saturated heterocycles. The molecule has 124 valence electrons. The van der Waals surface area contributed by atoms with E-state index in [1.807, 2.05) is 0 Å². The minimum atomic E-state index is -0.872. The second kappa shape index (κ2) is 5.67. The maximum absolute atomic E-state index is 13.3. The topological polar surface area (TPSA) is 59.6 Å². The fourth-order valence-corrected chi connectivity index (χ4v) is 2.78. The van der Waals surface area contributed by atoms with Crippen LogP contribution in [-0.4, -0.2) is 18.9 Å². The summed E-state index contributed by atoms with van der Waals surface area (Å²) >= 11 is 0. The molecule has 4 rings (SSSR count). The summed E-state index contributed by atoms with van der Waals surface area (Å²) < 4.78 is 36.7. The summed E-state index contributed by atoms with van der Waals surface area (Å²) in [5, 5.41) is 5.53. The molecule has 0 aromatic heterocycles. The predicted molar refractivity (Wildman–Crippen MR) is 82.2 cm³/mol. The summed E-state index contributed by atoms with van der Waals surface area (Å²) in [5.74, 6) is -0.518. The average Bonchev–Trinajstić information content (AvgIpc) is 3.15. The Labute approximate surface area is 136 Å². The lowest BCUT2D eigenvalue weighted by Gasteiger charge is -2.08. The number of halogens is 2. The van der Waals surface area contributed by atoms with E-state index in [0.29, 0.717) is 29.2 Å². The monoisotopic (exact) mass is 332 g/mol. The van der Waals surface area contributed by atoms with Crippen molar-refractivity contribution in [2.24, 2.45) is 0 Å². The summed E-state index contributed by atoms with van der Waals surface area (Å²) in [6, 6.07) is 8.49. The van der Waals surface area contributed by atoms with Crippen molar-refractivity contribution in [2.75, 3.05) is 12.1 Å². The number of benzene rings is 2. The second-order valence-electron chi connectivity index (χ2n) is 5.79. The highest BCUT2D eigenvalue weighted by Crippen LogP contribution is 2.41. The average molecular weight is 332 g/mol. The summed E-state index contributed by atoms with van der Waals surface area (Å²) in [6.45, 7) is 0.170. The third-order valence-corrected chi connectivity index (χ3v) is 4.11. The molecule has 2 amide bonds. The second-order valence-corrected chi connectivity index (χ2v) is 5.79. The lowest BCUT2D eigenvalue weighted by Crippen LogP contribution is -2.31. The largest absolute Gasteiger partial charge is 0.454 e. The zero-order valence-electron chi connectivity index (χ0n) is 12.5. The molecule has 2 N–H and O–H groups in total. The van der Waals surface area contributed by atoms with Gasteiger partial charge < -0.3 is 20.1 Å². The highest BCUT2D eigenvalue weighted by atomic mass is 19.2. The standard InChI is InChI=1S/C17H14F2N2O3/c18-12-3-1-9(5-13(12)19)11-7-14(11)21-17(22)20-10-2-4-15-16(6-10)24-8-23-15/h1-6,11,14H,7-8H2,(H2,20,21,22)/t11-,14+/m0/s1. The van der Waals surface area contributed by atoms with E-state index >= 15 is 0 Å². The fraction of sp³-hybridized carbons (Fsp3) is 0.235. The molecule has 2 aliphatic rings. The Hall–Kier alpha value is -2.83. The van der Waals surface area contributed by atoms with Crippen molar-refractivity contribution >= 4 is 11.7 Å². The van der Waals surface area contributed by atoms with E-state index in [1.54, 1.807) is 24.3 Å². The van der Waals surface area contributed by atoms with E-state index in [9.17, 15) is 13.6 Å². The Balaban J connectivity index is 1.35. The van der Waals surface area contributed by atoms with Crippen LogP contribution in [0.4, 0.5) is 19.3 Å². The lowest BCUT2D eigenvalue weighted by atomic mass is 10.1. The number of carbonyl (C=O) groups excluding carboxylic acids is 1. The number of anilines is 1. The molecule has 0 unspecified atom stereocenters. The van der Waals surface area contributed by atoms with Crippen LogP contribution in [0.15, 0.2) is 36.4 Å². The van der Waals surface area contributed by atoms with Gasteiger partial charge in [0.1, 0.15) is 0 Å². The smallest absolute Gasteiger partial charge is 0.319 e. The molecule has 5 nitrogen and oxygen atoms in total. The quantitative estimate of drug-likeness (QED) is 0.906. The van der Waals surface area contributed by atoms with Crippen molar-refractivity contribution in [3.63, 3.8) is 0 Å². The normalized spacial score (nSPS) is 20.6. The van der Waals surface area contributed by atoms with Crippen LogP contribution >= 0.6 is 0 Å². The van der Waals surface area contributed by atoms with Crippen molar-refractivity contribution < 1.29 is 23.0 Å². The number of amides is 2. The summed E-state index contributed by atoms with van der Waals surface area (Å²) in [4.78, 5) is 12.0. The molecule has 2 aromatic carbocycles.